The van der Waals surface area contributed by atoms with E-state index in [9.17, 15) is 4.79 Å². The second-order valence-electron chi connectivity index (χ2n) is 3.37. The lowest BCUT2D eigenvalue weighted by Gasteiger charge is -2.09. The lowest BCUT2D eigenvalue weighted by atomic mass is 9.98. The fourth-order valence-electron chi connectivity index (χ4n) is 1.24. The Bertz CT molecular complexity index is 332. The van der Waals surface area contributed by atoms with Gasteiger partial charge < -0.3 is 5.11 Å². The van der Waals surface area contributed by atoms with Gasteiger partial charge in [0, 0.05) is 11.9 Å². The fraction of sp³-hybridized carbons (Fsp3) is 0.400. The topological polar surface area (TPSA) is 50.2 Å². The highest BCUT2D eigenvalue weighted by molar-refractivity contribution is 5.89. The Balaban J connectivity index is 3.26. The maximum absolute atomic E-state index is 10.8. The van der Waals surface area contributed by atoms with E-state index in [0.29, 0.717) is 5.56 Å². The molecule has 1 aromatic heterocycles. The van der Waals surface area contributed by atoms with Gasteiger partial charge in [-0.05, 0) is 24.5 Å². The maximum Gasteiger partial charge on any atom is 0.337 e. The van der Waals surface area contributed by atoms with Crippen molar-refractivity contribution in [2.75, 3.05) is 0 Å². The molecule has 0 radical (unpaired) electrons. The van der Waals surface area contributed by atoms with E-state index in [4.69, 9.17) is 5.11 Å². The number of carboxylic acid groups (broad SMARTS) is 1. The summed E-state index contributed by atoms with van der Waals surface area (Å²) in [7, 11) is 0. The Morgan fingerprint density at radius 3 is 2.62 bits per heavy atom. The third-order valence-electron chi connectivity index (χ3n) is 1.93. The van der Waals surface area contributed by atoms with Gasteiger partial charge in [0.2, 0.25) is 0 Å². The predicted octanol–water partition coefficient (Wildman–Crippen LogP) is 2.21. The van der Waals surface area contributed by atoms with Crippen LogP contribution in [0.4, 0.5) is 0 Å². The number of nitrogens with zero attached hydrogens (tertiary/aromatic N) is 1. The van der Waals surface area contributed by atoms with Crippen LogP contribution in [-0.4, -0.2) is 16.1 Å². The van der Waals surface area contributed by atoms with Crippen molar-refractivity contribution in [1.29, 1.82) is 0 Å². The average molecular weight is 179 g/mol. The first-order chi connectivity index (χ1) is 6.02. The monoisotopic (exact) mass is 179 g/mol. The minimum absolute atomic E-state index is 0.216. The van der Waals surface area contributed by atoms with Gasteiger partial charge in [0.25, 0.3) is 0 Å². The van der Waals surface area contributed by atoms with Crippen molar-refractivity contribution in [1.82, 2.24) is 4.98 Å². The molecule has 0 saturated carbocycles. The van der Waals surface area contributed by atoms with Crippen molar-refractivity contribution in [3.63, 3.8) is 0 Å². The summed E-state index contributed by atoms with van der Waals surface area (Å²) in [6, 6.07) is 1.83. The van der Waals surface area contributed by atoms with E-state index in [-0.39, 0.29) is 5.92 Å². The van der Waals surface area contributed by atoms with Gasteiger partial charge in [-0.25, -0.2) is 4.79 Å². The highest BCUT2D eigenvalue weighted by Gasteiger charge is 2.12. The highest BCUT2D eigenvalue weighted by Crippen LogP contribution is 2.19. The normalized spacial score (nSPS) is 10.5. The van der Waals surface area contributed by atoms with Crippen molar-refractivity contribution in [3.05, 3.63) is 29.1 Å². The third kappa shape index (κ3) is 2.05. The van der Waals surface area contributed by atoms with Crippen LogP contribution in [-0.2, 0) is 0 Å². The molecule has 13 heavy (non-hydrogen) atoms. The molecule has 1 aromatic rings. The molecule has 0 fully saturated rings. The molecule has 0 aliphatic heterocycles. The number of rotatable bonds is 2. The summed E-state index contributed by atoms with van der Waals surface area (Å²) < 4.78 is 0. The number of carbonyl (C=O) groups is 1. The van der Waals surface area contributed by atoms with Crippen LogP contribution in [0.25, 0.3) is 0 Å². The smallest absolute Gasteiger partial charge is 0.337 e. The van der Waals surface area contributed by atoms with Crippen molar-refractivity contribution in [2.24, 2.45) is 0 Å². The predicted molar refractivity (Wildman–Crippen MR) is 50.0 cm³/mol. The van der Waals surface area contributed by atoms with Gasteiger partial charge in [-0.3, -0.25) is 4.98 Å². The van der Waals surface area contributed by atoms with Crippen LogP contribution in [0.3, 0.4) is 0 Å². The molecule has 1 rings (SSSR count). The summed E-state index contributed by atoms with van der Waals surface area (Å²) in [6.45, 7) is 5.81. The van der Waals surface area contributed by atoms with Crippen LogP contribution < -0.4 is 0 Å². The molecule has 0 saturated heterocycles. The number of aromatic carboxylic acids is 1. The average Bonchev–Trinajstić information content (AvgIpc) is 2.03. The molecule has 0 bridgehead atoms. The Morgan fingerprint density at radius 1 is 1.54 bits per heavy atom. The van der Waals surface area contributed by atoms with Gasteiger partial charge in [0.05, 0.1) is 5.56 Å². The Hall–Kier alpha value is -1.38. The first-order valence-corrected chi connectivity index (χ1v) is 4.22. The zero-order valence-electron chi connectivity index (χ0n) is 8.03. The molecule has 0 aliphatic rings. The van der Waals surface area contributed by atoms with E-state index < -0.39 is 5.97 Å². The van der Waals surface area contributed by atoms with Crippen LogP contribution >= 0.6 is 0 Å². The first kappa shape index (κ1) is 9.71. The molecule has 1 heterocycles. The summed E-state index contributed by atoms with van der Waals surface area (Å²) in [4.78, 5) is 14.8. The van der Waals surface area contributed by atoms with Crippen LogP contribution in [0.1, 0.15) is 41.4 Å². The van der Waals surface area contributed by atoms with E-state index in [1.165, 1.54) is 6.20 Å². The van der Waals surface area contributed by atoms with Crippen molar-refractivity contribution >= 4 is 5.97 Å². The van der Waals surface area contributed by atoms with E-state index in [2.05, 4.69) is 4.98 Å². The number of pyridine rings is 1. The standard InChI is InChI=1S/C10H13NO2/c1-6(2)8-4-7(3)11-5-9(8)10(12)13/h4-6H,1-3H3,(H,12,13). The fourth-order valence-corrected chi connectivity index (χ4v) is 1.24. The number of hydrogen-bond donors (Lipinski definition) is 1. The Morgan fingerprint density at radius 2 is 2.15 bits per heavy atom. The molecular formula is C10H13NO2. The van der Waals surface area contributed by atoms with Gasteiger partial charge in [0.15, 0.2) is 0 Å². The van der Waals surface area contributed by atoms with Crippen molar-refractivity contribution in [2.45, 2.75) is 26.7 Å². The first-order valence-electron chi connectivity index (χ1n) is 4.22. The lowest BCUT2D eigenvalue weighted by molar-refractivity contribution is 0.0695. The molecule has 1 N–H and O–H groups in total. The second kappa shape index (κ2) is 3.56. The van der Waals surface area contributed by atoms with Gasteiger partial charge in [-0.2, -0.15) is 0 Å². The van der Waals surface area contributed by atoms with Gasteiger partial charge in [-0.15, -0.1) is 0 Å². The molecule has 70 valence electrons. The zero-order chi connectivity index (χ0) is 10.0. The summed E-state index contributed by atoms with van der Waals surface area (Å²) >= 11 is 0. The molecule has 0 aromatic carbocycles. The quantitative estimate of drug-likeness (QED) is 0.757. The largest absolute Gasteiger partial charge is 0.478 e. The van der Waals surface area contributed by atoms with Crippen LogP contribution in [0.5, 0.6) is 0 Å². The van der Waals surface area contributed by atoms with Crippen molar-refractivity contribution in [3.8, 4) is 0 Å². The molecule has 0 atom stereocenters. The van der Waals surface area contributed by atoms with Crippen molar-refractivity contribution < 1.29 is 9.90 Å². The molecule has 3 nitrogen and oxygen atoms in total. The number of aryl methyl sites for hydroxylation is 1. The minimum Gasteiger partial charge on any atom is -0.478 e. The minimum atomic E-state index is -0.906. The molecular weight excluding hydrogens is 166 g/mol. The highest BCUT2D eigenvalue weighted by atomic mass is 16.4. The zero-order valence-corrected chi connectivity index (χ0v) is 8.03. The Labute approximate surface area is 77.4 Å². The summed E-state index contributed by atoms with van der Waals surface area (Å²) in [6.07, 6.45) is 1.42. The van der Waals surface area contributed by atoms with E-state index in [1.54, 1.807) is 0 Å². The molecule has 0 unspecified atom stereocenters. The number of carboxylic acids is 1. The molecule has 3 heteroatoms. The van der Waals surface area contributed by atoms with Crippen LogP contribution in [0.2, 0.25) is 0 Å². The molecule has 0 aliphatic carbocycles. The van der Waals surface area contributed by atoms with Crippen LogP contribution in [0.15, 0.2) is 12.3 Å². The SMILES string of the molecule is Cc1cc(C(C)C)c(C(=O)O)cn1. The maximum atomic E-state index is 10.8. The van der Waals surface area contributed by atoms with E-state index in [1.807, 2.05) is 26.8 Å². The summed E-state index contributed by atoms with van der Waals surface area (Å²) in [5.74, 6) is -0.691. The second-order valence-corrected chi connectivity index (χ2v) is 3.37. The van der Waals surface area contributed by atoms with E-state index in [0.717, 1.165) is 11.3 Å². The third-order valence-corrected chi connectivity index (χ3v) is 1.93. The van der Waals surface area contributed by atoms with E-state index >= 15 is 0 Å². The van der Waals surface area contributed by atoms with Gasteiger partial charge in [0.1, 0.15) is 0 Å². The number of aromatic nitrogens is 1. The van der Waals surface area contributed by atoms with Gasteiger partial charge in [-0.1, -0.05) is 13.8 Å². The van der Waals surface area contributed by atoms with Gasteiger partial charge >= 0.3 is 5.97 Å². The van der Waals surface area contributed by atoms with Crippen LogP contribution in [0, 0.1) is 6.92 Å². The summed E-state index contributed by atoms with van der Waals surface area (Å²) in [5.41, 5.74) is 2.01. The number of hydrogen-bond acceptors (Lipinski definition) is 2. The summed E-state index contributed by atoms with van der Waals surface area (Å²) in [5, 5.41) is 8.87. The molecule has 0 spiro atoms. The lowest BCUT2D eigenvalue weighted by Crippen LogP contribution is -2.05. The molecule has 0 amide bonds. The Kier molecular flexibility index (Phi) is 2.66.